The van der Waals surface area contributed by atoms with E-state index in [1.54, 1.807) is 20.8 Å². The molecule has 2 aromatic rings. The van der Waals surface area contributed by atoms with Gasteiger partial charge in [0.05, 0.1) is 11.7 Å². The van der Waals surface area contributed by atoms with E-state index in [0.29, 0.717) is 23.4 Å². The fourth-order valence-corrected chi connectivity index (χ4v) is 2.91. The van der Waals surface area contributed by atoms with Crippen molar-refractivity contribution in [2.24, 2.45) is 0 Å². The summed E-state index contributed by atoms with van der Waals surface area (Å²) < 4.78 is 42.7. The Morgan fingerprint density at radius 2 is 2.14 bits per heavy atom. The number of halogens is 3. The maximum Gasteiger partial charge on any atom is 0.434 e. The van der Waals surface area contributed by atoms with Gasteiger partial charge in [0.25, 0.3) is 5.91 Å². The molecule has 1 unspecified atom stereocenters. The predicted octanol–water partition coefficient (Wildman–Crippen LogP) is 3.65. The number of aromatic nitrogens is 2. The summed E-state index contributed by atoms with van der Waals surface area (Å²) >= 11 is 0.872. The van der Waals surface area contributed by atoms with Gasteiger partial charge in [-0.15, -0.1) is 11.3 Å². The van der Waals surface area contributed by atoms with Gasteiger partial charge in [0.15, 0.2) is 5.69 Å². The van der Waals surface area contributed by atoms with E-state index in [1.165, 1.54) is 0 Å². The van der Waals surface area contributed by atoms with Crippen molar-refractivity contribution in [1.29, 1.82) is 0 Å². The molecule has 22 heavy (non-hydrogen) atoms. The molecule has 0 aromatic carbocycles. The standard InChI is InChI=1S/C13H14F3N3O2S/c1-4-8(12-18-9(5-22-12)13(14,15)16)17-11(20)10-6(2)19-21-7(10)3/h5,8H,4H2,1-3H3,(H,17,20). The van der Waals surface area contributed by atoms with Gasteiger partial charge in [-0.2, -0.15) is 13.2 Å². The quantitative estimate of drug-likeness (QED) is 0.927. The maximum atomic E-state index is 12.6. The fraction of sp³-hybridized carbons (Fsp3) is 0.462. The van der Waals surface area contributed by atoms with Crippen LogP contribution in [0.4, 0.5) is 13.2 Å². The Hall–Kier alpha value is -1.90. The minimum atomic E-state index is -4.49. The molecule has 0 aliphatic rings. The Kier molecular flexibility index (Phi) is 4.55. The van der Waals surface area contributed by atoms with Crippen LogP contribution in [0.1, 0.15) is 51.9 Å². The smallest absolute Gasteiger partial charge is 0.361 e. The van der Waals surface area contributed by atoms with E-state index in [4.69, 9.17) is 4.52 Å². The van der Waals surface area contributed by atoms with Crippen LogP contribution in [0, 0.1) is 13.8 Å². The van der Waals surface area contributed by atoms with E-state index in [9.17, 15) is 18.0 Å². The van der Waals surface area contributed by atoms with E-state index < -0.39 is 23.8 Å². The molecule has 0 saturated heterocycles. The van der Waals surface area contributed by atoms with Gasteiger partial charge in [-0.1, -0.05) is 12.1 Å². The first-order valence-corrected chi connectivity index (χ1v) is 7.38. The van der Waals surface area contributed by atoms with Crippen molar-refractivity contribution in [2.75, 3.05) is 0 Å². The highest BCUT2D eigenvalue weighted by molar-refractivity contribution is 7.09. The number of amides is 1. The predicted molar refractivity (Wildman–Crippen MR) is 73.6 cm³/mol. The van der Waals surface area contributed by atoms with Crippen molar-refractivity contribution >= 4 is 17.2 Å². The molecule has 0 saturated carbocycles. The number of hydrogen-bond donors (Lipinski definition) is 1. The molecule has 0 radical (unpaired) electrons. The highest BCUT2D eigenvalue weighted by Gasteiger charge is 2.34. The summed E-state index contributed by atoms with van der Waals surface area (Å²) in [5.74, 6) is -0.0770. The van der Waals surface area contributed by atoms with Gasteiger partial charge in [-0.25, -0.2) is 4.98 Å². The summed E-state index contributed by atoms with van der Waals surface area (Å²) in [6.07, 6.45) is -4.07. The van der Waals surface area contributed by atoms with Gasteiger partial charge in [-0.3, -0.25) is 4.79 Å². The van der Waals surface area contributed by atoms with E-state index in [-0.39, 0.29) is 5.01 Å². The zero-order valence-electron chi connectivity index (χ0n) is 12.1. The van der Waals surface area contributed by atoms with Gasteiger partial charge in [0, 0.05) is 5.38 Å². The van der Waals surface area contributed by atoms with E-state index in [2.05, 4.69) is 15.5 Å². The molecule has 1 atom stereocenters. The number of rotatable bonds is 4. The minimum absolute atomic E-state index is 0.218. The van der Waals surface area contributed by atoms with Crippen LogP contribution in [0.2, 0.25) is 0 Å². The largest absolute Gasteiger partial charge is 0.434 e. The molecule has 0 bridgehead atoms. The summed E-state index contributed by atoms with van der Waals surface area (Å²) in [5.41, 5.74) is -0.219. The number of carbonyl (C=O) groups is 1. The lowest BCUT2D eigenvalue weighted by Gasteiger charge is -2.14. The normalized spacial score (nSPS) is 13.2. The molecule has 2 heterocycles. The molecular weight excluding hydrogens is 319 g/mol. The van der Waals surface area contributed by atoms with Crippen LogP contribution in [0.25, 0.3) is 0 Å². The maximum absolute atomic E-state index is 12.6. The average molecular weight is 333 g/mol. The van der Waals surface area contributed by atoms with Crippen LogP contribution in [-0.4, -0.2) is 16.0 Å². The van der Waals surface area contributed by atoms with Crippen molar-refractivity contribution in [3.8, 4) is 0 Å². The Morgan fingerprint density at radius 3 is 2.59 bits per heavy atom. The zero-order chi connectivity index (χ0) is 16.5. The van der Waals surface area contributed by atoms with Crippen LogP contribution in [0.15, 0.2) is 9.90 Å². The van der Waals surface area contributed by atoms with E-state index >= 15 is 0 Å². The number of hydrogen-bond acceptors (Lipinski definition) is 5. The number of nitrogens with zero attached hydrogens (tertiary/aromatic N) is 2. The van der Waals surface area contributed by atoms with Crippen LogP contribution in [0.3, 0.4) is 0 Å². The third-order valence-electron chi connectivity index (χ3n) is 3.08. The minimum Gasteiger partial charge on any atom is -0.361 e. The first-order valence-electron chi connectivity index (χ1n) is 6.50. The van der Waals surface area contributed by atoms with Crippen LogP contribution >= 0.6 is 11.3 Å². The molecule has 1 N–H and O–H groups in total. The lowest BCUT2D eigenvalue weighted by atomic mass is 10.1. The van der Waals surface area contributed by atoms with Gasteiger partial charge >= 0.3 is 6.18 Å². The molecule has 0 fully saturated rings. The van der Waals surface area contributed by atoms with Crippen molar-refractivity contribution in [2.45, 2.75) is 39.4 Å². The molecule has 0 aliphatic heterocycles. The number of aryl methyl sites for hydroxylation is 2. The van der Waals surface area contributed by atoms with Gasteiger partial charge in [0.2, 0.25) is 0 Å². The van der Waals surface area contributed by atoms with Crippen LogP contribution in [0.5, 0.6) is 0 Å². The lowest BCUT2D eigenvalue weighted by molar-refractivity contribution is -0.140. The Balaban J connectivity index is 2.19. The van der Waals surface area contributed by atoms with Gasteiger partial charge in [-0.05, 0) is 20.3 Å². The van der Waals surface area contributed by atoms with Crippen molar-refractivity contribution in [3.63, 3.8) is 0 Å². The first-order chi connectivity index (χ1) is 10.2. The zero-order valence-corrected chi connectivity index (χ0v) is 12.9. The van der Waals surface area contributed by atoms with Crippen LogP contribution in [-0.2, 0) is 6.18 Å². The molecule has 9 heteroatoms. The SMILES string of the molecule is CCC(NC(=O)c1c(C)noc1C)c1nc(C(F)(F)F)cs1. The topological polar surface area (TPSA) is 68.0 Å². The Labute approximate surface area is 128 Å². The first kappa shape index (κ1) is 16.5. The van der Waals surface area contributed by atoms with Gasteiger partial charge in [0.1, 0.15) is 16.3 Å². The number of carbonyl (C=O) groups excluding carboxylic acids is 1. The summed E-state index contributed by atoms with van der Waals surface area (Å²) in [6, 6.07) is -0.595. The number of alkyl halides is 3. The third kappa shape index (κ3) is 3.29. The second-order valence-corrected chi connectivity index (χ2v) is 5.59. The Bertz CT molecular complexity index is 659. The average Bonchev–Trinajstić information content (AvgIpc) is 3.03. The van der Waals surface area contributed by atoms with E-state index in [1.807, 2.05) is 0 Å². The molecule has 0 aliphatic carbocycles. The monoisotopic (exact) mass is 333 g/mol. The van der Waals surface area contributed by atoms with Gasteiger partial charge < -0.3 is 9.84 Å². The van der Waals surface area contributed by atoms with E-state index in [0.717, 1.165) is 16.7 Å². The molecule has 5 nitrogen and oxygen atoms in total. The summed E-state index contributed by atoms with van der Waals surface area (Å²) in [5, 5.41) is 7.52. The molecular formula is C13H14F3N3O2S. The van der Waals surface area contributed by atoms with Crippen molar-refractivity contribution in [3.05, 3.63) is 33.1 Å². The lowest BCUT2D eigenvalue weighted by Crippen LogP contribution is -2.29. The molecule has 2 aromatic heterocycles. The van der Waals surface area contributed by atoms with Crippen molar-refractivity contribution in [1.82, 2.24) is 15.5 Å². The second kappa shape index (κ2) is 6.07. The van der Waals surface area contributed by atoms with Crippen LogP contribution < -0.4 is 5.32 Å². The van der Waals surface area contributed by atoms with Crippen molar-refractivity contribution < 1.29 is 22.5 Å². The fourth-order valence-electron chi connectivity index (χ4n) is 1.95. The summed E-state index contributed by atoms with van der Waals surface area (Å²) in [6.45, 7) is 4.98. The summed E-state index contributed by atoms with van der Waals surface area (Å²) in [4.78, 5) is 15.8. The third-order valence-corrected chi connectivity index (χ3v) is 4.04. The highest BCUT2D eigenvalue weighted by Crippen LogP contribution is 2.32. The Morgan fingerprint density at radius 1 is 1.45 bits per heavy atom. The molecule has 0 spiro atoms. The molecule has 120 valence electrons. The molecule has 2 rings (SSSR count). The molecule has 1 amide bonds. The second-order valence-electron chi connectivity index (χ2n) is 4.70. The highest BCUT2D eigenvalue weighted by atomic mass is 32.1. The number of nitrogens with one attached hydrogen (secondary N) is 1. The summed E-state index contributed by atoms with van der Waals surface area (Å²) in [7, 11) is 0. The number of thiazole rings is 1.